The minimum absolute atomic E-state index is 0.0291. The maximum absolute atomic E-state index is 12.6. The molecule has 45 heavy (non-hydrogen) atoms. The molecule has 0 saturated carbocycles. The van der Waals surface area contributed by atoms with E-state index in [4.69, 9.17) is 30.3 Å². The first-order valence-corrected chi connectivity index (χ1v) is 12.2. The Bertz CT molecular complexity index is 1190. The number of aromatic amines is 1. The summed E-state index contributed by atoms with van der Waals surface area (Å²) < 4.78 is 68.9. The third-order valence-corrected chi connectivity index (χ3v) is 4.63. The minimum atomic E-state index is -5.08. The van der Waals surface area contributed by atoms with Gasteiger partial charge in [-0.15, -0.1) is 10.1 Å². The first-order chi connectivity index (χ1) is 20.9. The number of benzene rings is 1. The number of carbonyl (C=O) groups excluding carboxylic acids is 2. The molecule has 16 nitrogen and oxygen atoms in total. The normalized spacial score (nSPS) is 11.4. The highest BCUT2D eigenvalue weighted by Gasteiger charge is 2.38. The predicted molar refractivity (Wildman–Crippen MR) is 137 cm³/mol. The summed E-state index contributed by atoms with van der Waals surface area (Å²) in [6.45, 7) is 0.712. The zero-order chi connectivity index (χ0) is 34.6. The molecular weight excluding hydrogens is 634 g/mol. The van der Waals surface area contributed by atoms with Crippen LogP contribution in [-0.2, 0) is 37.0 Å². The molecule has 0 bridgehead atoms. The van der Waals surface area contributed by atoms with Crippen molar-refractivity contribution < 1.29 is 70.4 Å². The van der Waals surface area contributed by atoms with Crippen LogP contribution in [0.5, 0.6) is 5.75 Å². The number of alkyl halides is 6. The molecular formula is C23H28F6N6O10. The molecule has 0 aliphatic heterocycles. The van der Waals surface area contributed by atoms with Crippen molar-refractivity contribution in [1.82, 2.24) is 20.6 Å². The third kappa shape index (κ3) is 19.6. The number of imidazole rings is 1. The van der Waals surface area contributed by atoms with Crippen molar-refractivity contribution in [2.75, 3.05) is 19.8 Å². The number of carbonyl (C=O) groups is 4. The van der Waals surface area contributed by atoms with Crippen molar-refractivity contribution in [3.05, 3.63) is 58.2 Å². The lowest BCUT2D eigenvalue weighted by Gasteiger charge is -2.18. The van der Waals surface area contributed by atoms with Crippen molar-refractivity contribution in [2.24, 2.45) is 5.73 Å². The number of halogens is 6. The Morgan fingerprint density at radius 1 is 1.02 bits per heavy atom. The molecule has 22 heteroatoms. The number of ether oxygens (including phenoxy) is 1. The Kier molecular flexibility index (Phi) is 17.6. The number of H-pyrrole nitrogens is 1. The highest BCUT2D eigenvalue weighted by molar-refractivity contribution is 5.87. The molecule has 1 heterocycles. The fraction of sp³-hybridized carbons (Fsp3) is 0.435. The van der Waals surface area contributed by atoms with Gasteiger partial charge in [0.05, 0.1) is 19.5 Å². The fourth-order valence-corrected chi connectivity index (χ4v) is 2.63. The molecule has 1 atom stereocenters. The van der Waals surface area contributed by atoms with Crippen LogP contribution >= 0.6 is 0 Å². The lowest BCUT2D eigenvalue weighted by atomic mass is 10.1. The second-order valence-electron chi connectivity index (χ2n) is 8.17. The van der Waals surface area contributed by atoms with E-state index in [-0.39, 0.29) is 51.0 Å². The highest BCUT2D eigenvalue weighted by Crippen LogP contribution is 2.14. The van der Waals surface area contributed by atoms with Crippen LogP contribution in [0.15, 0.2) is 36.8 Å². The summed E-state index contributed by atoms with van der Waals surface area (Å²) in [4.78, 5) is 63.4. The molecule has 0 fully saturated rings. The topological polar surface area (TPSA) is 249 Å². The Morgan fingerprint density at radius 2 is 1.58 bits per heavy atom. The van der Waals surface area contributed by atoms with Gasteiger partial charge in [-0.25, -0.2) is 14.6 Å². The molecule has 252 valence electrons. The van der Waals surface area contributed by atoms with Gasteiger partial charge in [0, 0.05) is 44.2 Å². The number of carboxylic acid groups (broad SMARTS) is 2. The van der Waals surface area contributed by atoms with E-state index in [0.717, 1.165) is 11.3 Å². The molecule has 0 aliphatic carbocycles. The van der Waals surface area contributed by atoms with E-state index in [0.29, 0.717) is 12.2 Å². The Labute approximate surface area is 249 Å². The van der Waals surface area contributed by atoms with Gasteiger partial charge in [-0.2, -0.15) is 26.3 Å². The van der Waals surface area contributed by atoms with Gasteiger partial charge in [-0.1, -0.05) is 12.1 Å². The molecule has 0 aliphatic rings. The number of aliphatic carboxylic acids is 2. The van der Waals surface area contributed by atoms with Crippen molar-refractivity contribution >= 4 is 23.8 Å². The van der Waals surface area contributed by atoms with Gasteiger partial charge in [0.2, 0.25) is 11.8 Å². The van der Waals surface area contributed by atoms with E-state index < -0.39 is 35.4 Å². The predicted octanol–water partition coefficient (Wildman–Crippen LogP) is 1.35. The number of nitrogens with two attached hydrogens (primary N) is 1. The lowest BCUT2D eigenvalue weighted by Crippen LogP contribution is -2.48. The summed E-state index contributed by atoms with van der Waals surface area (Å²) in [5.41, 5.74) is 6.96. The van der Waals surface area contributed by atoms with E-state index >= 15 is 0 Å². The standard InChI is InChI=1S/C19H26N6O6.2C2HF3O2/c20-7-6-18(26)24-17(10-15-12-21-13-23-15)19(27)22-11-14-2-4-16(5-3-14)30-8-1-9-31-25(28)29;2*3-2(4,5)1(6)7/h2-5,12-13,17H,1,6-11,20H2,(H,21,23)(H,22,27)(H,24,26);2*(H,6,7)/t17-;;/m0../s1. The van der Waals surface area contributed by atoms with Gasteiger partial charge in [0.1, 0.15) is 11.8 Å². The highest BCUT2D eigenvalue weighted by atomic mass is 19.4. The zero-order valence-electron chi connectivity index (χ0n) is 22.9. The van der Waals surface area contributed by atoms with Crippen LogP contribution in [0.3, 0.4) is 0 Å². The summed E-state index contributed by atoms with van der Waals surface area (Å²) in [6.07, 6.45) is -6.28. The maximum Gasteiger partial charge on any atom is 0.490 e. The molecule has 0 radical (unpaired) electrons. The molecule has 2 amide bonds. The minimum Gasteiger partial charge on any atom is -0.494 e. The number of hydrogen-bond donors (Lipinski definition) is 6. The van der Waals surface area contributed by atoms with Crippen LogP contribution in [0.2, 0.25) is 0 Å². The molecule has 0 unspecified atom stereocenters. The quantitative estimate of drug-likeness (QED) is 0.0726. The van der Waals surface area contributed by atoms with Gasteiger partial charge >= 0.3 is 24.3 Å². The van der Waals surface area contributed by atoms with Crippen molar-refractivity contribution in [1.29, 1.82) is 0 Å². The average molecular weight is 662 g/mol. The van der Waals surface area contributed by atoms with Gasteiger partial charge in [-0.05, 0) is 17.7 Å². The van der Waals surface area contributed by atoms with Gasteiger partial charge in [0.15, 0.2) is 0 Å². The first-order valence-electron chi connectivity index (χ1n) is 12.2. The summed E-state index contributed by atoms with van der Waals surface area (Å²) >= 11 is 0. The molecule has 2 aromatic rings. The Balaban J connectivity index is 0.00000114. The first kappa shape index (κ1) is 39.8. The largest absolute Gasteiger partial charge is 0.494 e. The summed E-state index contributed by atoms with van der Waals surface area (Å²) in [6, 6.07) is 6.30. The van der Waals surface area contributed by atoms with Crippen LogP contribution in [0.1, 0.15) is 24.1 Å². The number of nitrogens with one attached hydrogen (secondary N) is 3. The fourth-order valence-electron chi connectivity index (χ4n) is 2.63. The van der Waals surface area contributed by atoms with Gasteiger partial charge in [-0.3, -0.25) is 9.59 Å². The van der Waals surface area contributed by atoms with Crippen molar-refractivity contribution in [3.8, 4) is 5.75 Å². The second-order valence-corrected chi connectivity index (χ2v) is 8.17. The monoisotopic (exact) mass is 662 g/mol. The maximum atomic E-state index is 12.6. The SMILES string of the molecule is NCCC(=O)N[C@@H](Cc1cnc[nH]1)C(=O)NCc1ccc(OCCCO[N+](=O)[O-])cc1.O=C(O)C(F)(F)F.O=C(O)C(F)(F)F. The number of hydrogen-bond acceptors (Lipinski definition) is 10. The Morgan fingerprint density at radius 3 is 2.02 bits per heavy atom. The van der Waals surface area contributed by atoms with Crippen LogP contribution in [0, 0.1) is 10.1 Å². The molecule has 1 aromatic heterocycles. The van der Waals surface area contributed by atoms with Crippen molar-refractivity contribution in [3.63, 3.8) is 0 Å². The third-order valence-electron chi connectivity index (χ3n) is 4.63. The van der Waals surface area contributed by atoms with E-state index in [9.17, 15) is 46.0 Å². The number of carboxylic acids is 2. The Hall–Kier alpha value is -5.15. The number of aromatic nitrogens is 2. The lowest BCUT2D eigenvalue weighted by molar-refractivity contribution is -0.757. The van der Waals surface area contributed by atoms with E-state index in [2.05, 4.69) is 25.4 Å². The second kappa shape index (κ2) is 19.9. The number of rotatable bonds is 14. The van der Waals surface area contributed by atoms with Crippen LogP contribution in [-0.4, -0.2) is 87.2 Å². The van der Waals surface area contributed by atoms with Crippen LogP contribution in [0.25, 0.3) is 0 Å². The smallest absolute Gasteiger partial charge is 0.490 e. The zero-order valence-corrected chi connectivity index (χ0v) is 22.9. The van der Waals surface area contributed by atoms with E-state index in [1.807, 2.05) is 0 Å². The van der Waals surface area contributed by atoms with Crippen molar-refractivity contribution in [2.45, 2.75) is 44.2 Å². The molecule has 0 spiro atoms. The van der Waals surface area contributed by atoms with Gasteiger partial charge < -0.3 is 41.1 Å². The molecule has 7 N–H and O–H groups in total. The molecule has 2 rings (SSSR count). The van der Waals surface area contributed by atoms with E-state index in [1.54, 1.807) is 30.5 Å². The summed E-state index contributed by atoms with van der Waals surface area (Å²) in [5, 5.41) is 29.0. The van der Waals surface area contributed by atoms with E-state index in [1.165, 1.54) is 6.33 Å². The number of amides is 2. The molecule has 1 aromatic carbocycles. The summed E-state index contributed by atoms with van der Waals surface area (Å²) in [7, 11) is 0. The van der Waals surface area contributed by atoms with Crippen LogP contribution < -0.4 is 21.1 Å². The van der Waals surface area contributed by atoms with Crippen LogP contribution in [0.4, 0.5) is 26.3 Å². The van der Waals surface area contributed by atoms with Gasteiger partial charge in [0.25, 0.3) is 5.09 Å². The average Bonchev–Trinajstić information content (AvgIpc) is 3.44. The summed E-state index contributed by atoms with van der Waals surface area (Å²) in [5.74, 6) is -5.54. The molecule has 0 saturated heterocycles. The number of nitrogens with zero attached hydrogens (tertiary/aromatic N) is 2.